The van der Waals surface area contributed by atoms with Crippen LogP contribution in [0.3, 0.4) is 0 Å². The predicted octanol–water partition coefficient (Wildman–Crippen LogP) is 0.247. The van der Waals surface area contributed by atoms with Crippen LogP contribution < -0.4 is 5.73 Å². The first-order valence-electron chi connectivity index (χ1n) is 5.44. The molecule has 5 nitrogen and oxygen atoms in total. The molecule has 0 aromatic carbocycles. The van der Waals surface area contributed by atoms with Crippen LogP contribution in [0, 0.1) is 0 Å². The van der Waals surface area contributed by atoms with E-state index in [1.807, 2.05) is 22.5 Å². The zero-order valence-corrected chi connectivity index (χ0v) is 10.1. The summed E-state index contributed by atoms with van der Waals surface area (Å²) in [4.78, 5) is 10.5. The van der Waals surface area contributed by atoms with Crippen molar-refractivity contribution in [2.24, 2.45) is 10.7 Å². The van der Waals surface area contributed by atoms with Gasteiger partial charge in [-0.25, -0.2) is 4.98 Å². The van der Waals surface area contributed by atoms with E-state index in [1.54, 1.807) is 12.5 Å². The zero-order valence-electron chi connectivity index (χ0n) is 9.25. The van der Waals surface area contributed by atoms with Crippen LogP contribution in [0.1, 0.15) is 0 Å². The number of aromatic nitrogens is 2. The van der Waals surface area contributed by atoms with Gasteiger partial charge >= 0.3 is 0 Å². The Morgan fingerprint density at radius 3 is 2.94 bits per heavy atom. The Morgan fingerprint density at radius 2 is 2.25 bits per heavy atom. The monoisotopic (exact) mass is 239 g/mol. The van der Waals surface area contributed by atoms with E-state index in [9.17, 15) is 0 Å². The molecule has 0 saturated carbocycles. The lowest BCUT2D eigenvalue weighted by molar-refractivity contribution is 0.455. The predicted molar refractivity (Wildman–Crippen MR) is 67.6 cm³/mol. The Bertz CT molecular complexity index is 329. The summed E-state index contributed by atoms with van der Waals surface area (Å²) in [5.74, 6) is 2.98. The average molecular weight is 239 g/mol. The Morgan fingerprint density at radius 1 is 1.44 bits per heavy atom. The van der Waals surface area contributed by atoms with E-state index in [4.69, 9.17) is 5.73 Å². The summed E-state index contributed by atoms with van der Waals surface area (Å²) in [6.07, 6.45) is 5.50. The molecule has 0 amide bonds. The number of hydrogen-bond donors (Lipinski definition) is 1. The standard InChI is InChI=1S/C10H17N5S/c11-10(15-5-7-16-8-6-15)13-2-4-14-3-1-12-9-14/h1,3,9H,2,4-8H2,(H2,11,13). The van der Waals surface area contributed by atoms with Crippen LogP contribution in [-0.2, 0) is 6.54 Å². The molecule has 1 aliphatic heterocycles. The second-order valence-electron chi connectivity index (χ2n) is 3.64. The molecule has 0 aliphatic carbocycles. The highest BCUT2D eigenvalue weighted by Gasteiger charge is 2.11. The fraction of sp³-hybridized carbons (Fsp3) is 0.600. The van der Waals surface area contributed by atoms with E-state index in [2.05, 4.69) is 14.9 Å². The van der Waals surface area contributed by atoms with E-state index < -0.39 is 0 Å². The molecule has 88 valence electrons. The first-order chi connectivity index (χ1) is 7.86. The molecular weight excluding hydrogens is 222 g/mol. The van der Waals surface area contributed by atoms with Crippen molar-refractivity contribution < 1.29 is 0 Å². The number of guanidine groups is 1. The van der Waals surface area contributed by atoms with Gasteiger partial charge in [-0.3, -0.25) is 4.99 Å². The molecule has 0 unspecified atom stereocenters. The Kier molecular flexibility index (Phi) is 4.10. The van der Waals surface area contributed by atoms with Crippen LogP contribution in [0.2, 0.25) is 0 Å². The maximum absolute atomic E-state index is 5.93. The molecule has 6 heteroatoms. The van der Waals surface area contributed by atoms with Crippen LogP contribution >= 0.6 is 11.8 Å². The van der Waals surface area contributed by atoms with Crippen LogP contribution in [-0.4, -0.2) is 51.6 Å². The van der Waals surface area contributed by atoms with Crippen molar-refractivity contribution in [1.29, 1.82) is 0 Å². The van der Waals surface area contributed by atoms with E-state index >= 15 is 0 Å². The first-order valence-corrected chi connectivity index (χ1v) is 6.60. The molecule has 2 rings (SSSR count). The second kappa shape index (κ2) is 5.79. The van der Waals surface area contributed by atoms with Gasteiger partial charge in [0, 0.05) is 43.5 Å². The van der Waals surface area contributed by atoms with Gasteiger partial charge in [-0.15, -0.1) is 0 Å². The van der Waals surface area contributed by atoms with E-state index in [0.717, 1.165) is 31.1 Å². The highest BCUT2D eigenvalue weighted by Crippen LogP contribution is 2.08. The van der Waals surface area contributed by atoms with Crippen molar-refractivity contribution in [3.8, 4) is 0 Å². The number of imidazole rings is 1. The van der Waals surface area contributed by atoms with Crippen molar-refractivity contribution in [2.75, 3.05) is 31.1 Å². The second-order valence-corrected chi connectivity index (χ2v) is 4.86. The van der Waals surface area contributed by atoms with Crippen LogP contribution in [0.5, 0.6) is 0 Å². The van der Waals surface area contributed by atoms with Crippen LogP contribution in [0.15, 0.2) is 23.7 Å². The Balaban J connectivity index is 1.77. The summed E-state index contributed by atoms with van der Waals surface area (Å²) in [5.41, 5.74) is 5.93. The molecule has 1 fully saturated rings. The number of rotatable bonds is 3. The van der Waals surface area contributed by atoms with Gasteiger partial charge in [-0.2, -0.15) is 11.8 Å². The fourth-order valence-corrected chi connectivity index (χ4v) is 2.49. The van der Waals surface area contributed by atoms with Crippen molar-refractivity contribution in [3.05, 3.63) is 18.7 Å². The van der Waals surface area contributed by atoms with Crippen molar-refractivity contribution in [2.45, 2.75) is 6.54 Å². The third-order valence-corrected chi connectivity index (χ3v) is 3.47. The fourth-order valence-electron chi connectivity index (χ4n) is 1.59. The zero-order chi connectivity index (χ0) is 11.2. The molecule has 0 atom stereocenters. The summed E-state index contributed by atoms with van der Waals surface area (Å²) in [6.45, 7) is 3.59. The molecular formula is C10H17N5S. The molecule has 0 bridgehead atoms. The summed E-state index contributed by atoms with van der Waals surface area (Å²) in [5, 5.41) is 0. The molecule has 1 saturated heterocycles. The van der Waals surface area contributed by atoms with Gasteiger partial charge in [-0.05, 0) is 0 Å². The van der Waals surface area contributed by atoms with Gasteiger partial charge in [0.1, 0.15) is 0 Å². The van der Waals surface area contributed by atoms with E-state index in [-0.39, 0.29) is 0 Å². The first kappa shape index (κ1) is 11.3. The largest absolute Gasteiger partial charge is 0.370 e. The Hall–Kier alpha value is -1.17. The lowest BCUT2D eigenvalue weighted by Gasteiger charge is -2.27. The topological polar surface area (TPSA) is 59.4 Å². The number of thioether (sulfide) groups is 1. The number of nitrogens with two attached hydrogens (primary N) is 1. The minimum Gasteiger partial charge on any atom is -0.370 e. The maximum atomic E-state index is 5.93. The van der Waals surface area contributed by atoms with Crippen molar-refractivity contribution >= 4 is 17.7 Å². The minimum atomic E-state index is 0.681. The lowest BCUT2D eigenvalue weighted by Crippen LogP contribution is -2.42. The van der Waals surface area contributed by atoms with Crippen LogP contribution in [0.25, 0.3) is 0 Å². The van der Waals surface area contributed by atoms with Crippen molar-refractivity contribution in [3.63, 3.8) is 0 Å². The molecule has 16 heavy (non-hydrogen) atoms. The molecule has 1 aromatic heterocycles. The van der Waals surface area contributed by atoms with Gasteiger partial charge in [0.2, 0.25) is 0 Å². The number of nitrogens with zero attached hydrogens (tertiary/aromatic N) is 4. The highest BCUT2D eigenvalue weighted by molar-refractivity contribution is 7.99. The van der Waals surface area contributed by atoms with E-state index in [0.29, 0.717) is 12.5 Å². The quantitative estimate of drug-likeness (QED) is 0.606. The smallest absolute Gasteiger partial charge is 0.191 e. The van der Waals surface area contributed by atoms with Gasteiger partial charge in [0.25, 0.3) is 0 Å². The Labute approximate surface area is 99.7 Å². The van der Waals surface area contributed by atoms with Gasteiger partial charge in [0.05, 0.1) is 12.9 Å². The summed E-state index contributed by atoms with van der Waals surface area (Å²) < 4.78 is 2.00. The normalized spacial score (nSPS) is 17.8. The third-order valence-electron chi connectivity index (χ3n) is 2.53. The third kappa shape index (κ3) is 3.16. The molecule has 2 N–H and O–H groups in total. The molecule has 0 radical (unpaired) electrons. The molecule has 1 aliphatic rings. The molecule has 0 spiro atoms. The van der Waals surface area contributed by atoms with Crippen LogP contribution in [0.4, 0.5) is 0 Å². The van der Waals surface area contributed by atoms with Gasteiger partial charge in [0.15, 0.2) is 5.96 Å². The van der Waals surface area contributed by atoms with Gasteiger partial charge in [-0.1, -0.05) is 0 Å². The summed E-state index contributed by atoms with van der Waals surface area (Å²) in [7, 11) is 0. The van der Waals surface area contributed by atoms with Crippen molar-refractivity contribution in [1.82, 2.24) is 14.5 Å². The van der Waals surface area contributed by atoms with Gasteiger partial charge < -0.3 is 15.2 Å². The summed E-state index contributed by atoms with van der Waals surface area (Å²) in [6, 6.07) is 0. The highest BCUT2D eigenvalue weighted by atomic mass is 32.2. The SMILES string of the molecule is NC(=NCCn1ccnc1)N1CCSCC1. The average Bonchev–Trinajstić information content (AvgIpc) is 2.83. The molecule has 2 heterocycles. The van der Waals surface area contributed by atoms with E-state index in [1.165, 1.54) is 0 Å². The maximum Gasteiger partial charge on any atom is 0.191 e. The molecule has 1 aromatic rings. The number of hydrogen-bond acceptors (Lipinski definition) is 3. The minimum absolute atomic E-state index is 0.681. The lowest BCUT2D eigenvalue weighted by atomic mass is 10.5. The summed E-state index contributed by atoms with van der Waals surface area (Å²) >= 11 is 1.97. The number of aliphatic imine (C=N–C) groups is 1.